The SMILES string of the molecule is Cc1ccn2c(=O)cc(COC(=O)c3cccnc3Cl)nc2c1. The summed E-state index contributed by atoms with van der Waals surface area (Å²) in [5, 5.41) is 0.0691. The Labute approximate surface area is 136 Å². The van der Waals surface area contributed by atoms with Gasteiger partial charge in [0.1, 0.15) is 17.4 Å². The normalized spacial score (nSPS) is 10.7. The highest BCUT2D eigenvalue weighted by atomic mass is 35.5. The van der Waals surface area contributed by atoms with Gasteiger partial charge in [0, 0.05) is 18.5 Å². The second-order valence-corrected chi connectivity index (χ2v) is 5.29. The minimum Gasteiger partial charge on any atom is -0.455 e. The van der Waals surface area contributed by atoms with Crippen LogP contribution in [0.4, 0.5) is 0 Å². The van der Waals surface area contributed by atoms with Gasteiger partial charge in [0.05, 0.1) is 11.3 Å². The number of carbonyl (C=O) groups is 1. The lowest BCUT2D eigenvalue weighted by atomic mass is 10.3. The van der Waals surface area contributed by atoms with E-state index in [1.165, 1.54) is 22.7 Å². The van der Waals surface area contributed by atoms with Crippen LogP contribution in [0.25, 0.3) is 5.65 Å². The van der Waals surface area contributed by atoms with Crippen molar-refractivity contribution in [1.82, 2.24) is 14.4 Å². The molecule has 3 aromatic heterocycles. The third kappa shape index (κ3) is 3.22. The molecule has 0 bridgehead atoms. The molecule has 0 saturated carbocycles. The molecular formula is C16H12ClN3O3. The summed E-state index contributed by atoms with van der Waals surface area (Å²) in [6.45, 7) is 1.78. The van der Waals surface area contributed by atoms with Crippen molar-refractivity contribution in [1.29, 1.82) is 0 Å². The topological polar surface area (TPSA) is 73.6 Å². The third-order valence-electron chi connectivity index (χ3n) is 3.21. The van der Waals surface area contributed by atoms with Crippen LogP contribution in [-0.2, 0) is 11.3 Å². The van der Waals surface area contributed by atoms with E-state index in [9.17, 15) is 9.59 Å². The number of aromatic nitrogens is 3. The first-order valence-electron chi connectivity index (χ1n) is 6.81. The highest BCUT2D eigenvalue weighted by Gasteiger charge is 2.13. The van der Waals surface area contributed by atoms with Gasteiger partial charge in [-0.05, 0) is 36.8 Å². The molecule has 23 heavy (non-hydrogen) atoms. The lowest BCUT2D eigenvalue weighted by molar-refractivity contribution is 0.0467. The molecule has 116 valence electrons. The summed E-state index contributed by atoms with van der Waals surface area (Å²) in [5.41, 5.74) is 1.79. The van der Waals surface area contributed by atoms with Gasteiger partial charge in [-0.2, -0.15) is 0 Å². The van der Waals surface area contributed by atoms with E-state index >= 15 is 0 Å². The van der Waals surface area contributed by atoms with Crippen LogP contribution in [0.1, 0.15) is 21.6 Å². The van der Waals surface area contributed by atoms with Gasteiger partial charge in [-0.15, -0.1) is 0 Å². The Morgan fingerprint density at radius 2 is 2.17 bits per heavy atom. The number of carbonyl (C=O) groups excluding carboxylic acids is 1. The average molecular weight is 330 g/mol. The predicted molar refractivity (Wildman–Crippen MR) is 84.6 cm³/mol. The summed E-state index contributed by atoms with van der Waals surface area (Å²) in [6.07, 6.45) is 3.14. The molecule has 0 aliphatic rings. The van der Waals surface area contributed by atoms with E-state index in [0.717, 1.165) is 5.56 Å². The van der Waals surface area contributed by atoms with Gasteiger partial charge in [-0.25, -0.2) is 14.8 Å². The summed E-state index contributed by atoms with van der Waals surface area (Å²) >= 11 is 5.84. The smallest absolute Gasteiger partial charge is 0.341 e. The maximum absolute atomic E-state index is 12.0. The van der Waals surface area contributed by atoms with Crippen LogP contribution >= 0.6 is 11.6 Å². The van der Waals surface area contributed by atoms with Gasteiger partial charge < -0.3 is 4.74 Å². The van der Waals surface area contributed by atoms with Crippen LogP contribution in [0.5, 0.6) is 0 Å². The zero-order chi connectivity index (χ0) is 16.4. The number of aryl methyl sites for hydroxylation is 1. The molecule has 0 amide bonds. The van der Waals surface area contributed by atoms with Gasteiger partial charge in [0.2, 0.25) is 0 Å². The number of pyridine rings is 2. The fourth-order valence-corrected chi connectivity index (χ4v) is 2.28. The number of ether oxygens (including phenoxy) is 1. The Balaban J connectivity index is 1.83. The molecule has 0 aromatic carbocycles. The number of nitrogens with zero attached hydrogens (tertiary/aromatic N) is 3. The summed E-state index contributed by atoms with van der Waals surface area (Å²) in [7, 11) is 0. The van der Waals surface area contributed by atoms with Crippen molar-refractivity contribution in [3.05, 3.63) is 75.1 Å². The molecular weight excluding hydrogens is 318 g/mol. The molecule has 0 fully saturated rings. The molecule has 7 heteroatoms. The lowest BCUT2D eigenvalue weighted by Crippen LogP contribution is -2.16. The Morgan fingerprint density at radius 1 is 1.35 bits per heavy atom. The zero-order valence-electron chi connectivity index (χ0n) is 12.2. The van der Waals surface area contributed by atoms with Gasteiger partial charge >= 0.3 is 5.97 Å². The van der Waals surface area contributed by atoms with Gasteiger partial charge in [-0.3, -0.25) is 9.20 Å². The van der Waals surface area contributed by atoms with Crippen molar-refractivity contribution in [2.45, 2.75) is 13.5 Å². The Bertz CT molecular complexity index is 953. The molecule has 0 N–H and O–H groups in total. The van der Waals surface area contributed by atoms with Crippen LogP contribution in [-0.4, -0.2) is 20.3 Å². The lowest BCUT2D eigenvalue weighted by Gasteiger charge is -2.07. The number of halogens is 1. The van der Waals surface area contributed by atoms with E-state index in [4.69, 9.17) is 16.3 Å². The predicted octanol–water partition coefficient (Wildman–Crippen LogP) is 2.41. The first-order valence-corrected chi connectivity index (χ1v) is 7.19. The molecule has 0 aliphatic heterocycles. The van der Waals surface area contributed by atoms with E-state index in [2.05, 4.69) is 9.97 Å². The van der Waals surface area contributed by atoms with Crippen molar-refractivity contribution in [3.63, 3.8) is 0 Å². The van der Waals surface area contributed by atoms with Crippen molar-refractivity contribution in [3.8, 4) is 0 Å². The standard InChI is InChI=1S/C16H12ClN3O3/c1-10-4-6-20-13(7-10)19-11(8-14(20)21)9-23-16(22)12-3-2-5-18-15(12)17/h2-8H,9H2,1H3. The molecule has 3 heterocycles. The Hall–Kier alpha value is -2.73. The van der Waals surface area contributed by atoms with Gasteiger partial charge in [-0.1, -0.05) is 11.6 Å². The number of esters is 1. The Kier molecular flexibility index (Phi) is 4.08. The van der Waals surface area contributed by atoms with E-state index in [-0.39, 0.29) is 22.9 Å². The van der Waals surface area contributed by atoms with Crippen LogP contribution in [0.2, 0.25) is 5.15 Å². The van der Waals surface area contributed by atoms with Crippen molar-refractivity contribution in [2.75, 3.05) is 0 Å². The molecule has 3 aromatic rings. The fourth-order valence-electron chi connectivity index (χ4n) is 2.08. The van der Waals surface area contributed by atoms with Crippen LogP contribution in [0, 0.1) is 6.92 Å². The van der Waals surface area contributed by atoms with Crippen molar-refractivity contribution >= 4 is 23.2 Å². The second-order valence-electron chi connectivity index (χ2n) is 4.94. The quantitative estimate of drug-likeness (QED) is 0.545. The molecule has 0 saturated heterocycles. The van der Waals surface area contributed by atoms with E-state index < -0.39 is 5.97 Å². The summed E-state index contributed by atoms with van der Waals surface area (Å²) in [5.74, 6) is -0.616. The minimum atomic E-state index is -0.616. The highest BCUT2D eigenvalue weighted by Crippen LogP contribution is 2.13. The second kappa shape index (κ2) is 6.18. The maximum Gasteiger partial charge on any atom is 0.341 e. The average Bonchev–Trinajstić information content (AvgIpc) is 2.52. The molecule has 0 radical (unpaired) electrons. The molecule has 3 rings (SSSR count). The zero-order valence-corrected chi connectivity index (χ0v) is 12.9. The summed E-state index contributed by atoms with van der Waals surface area (Å²) in [4.78, 5) is 32.2. The monoisotopic (exact) mass is 329 g/mol. The van der Waals surface area contributed by atoms with Crippen molar-refractivity contribution in [2.24, 2.45) is 0 Å². The molecule has 0 atom stereocenters. The molecule has 6 nitrogen and oxygen atoms in total. The van der Waals surface area contributed by atoms with Crippen LogP contribution in [0.3, 0.4) is 0 Å². The summed E-state index contributed by atoms with van der Waals surface area (Å²) < 4.78 is 6.58. The summed E-state index contributed by atoms with van der Waals surface area (Å²) in [6, 6.07) is 8.04. The van der Waals surface area contributed by atoms with Crippen LogP contribution < -0.4 is 5.56 Å². The van der Waals surface area contributed by atoms with E-state index in [1.807, 2.05) is 13.0 Å². The maximum atomic E-state index is 12.0. The van der Waals surface area contributed by atoms with E-state index in [1.54, 1.807) is 18.3 Å². The largest absolute Gasteiger partial charge is 0.455 e. The fraction of sp³-hybridized carbons (Fsp3) is 0.125. The molecule has 0 aliphatic carbocycles. The molecule has 0 spiro atoms. The first kappa shape index (κ1) is 15.2. The van der Waals surface area contributed by atoms with Crippen molar-refractivity contribution < 1.29 is 9.53 Å². The van der Waals surface area contributed by atoms with Gasteiger partial charge in [0.15, 0.2) is 0 Å². The minimum absolute atomic E-state index is 0.0691. The number of rotatable bonds is 3. The number of hydrogen-bond acceptors (Lipinski definition) is 5. The molecule has 0 unspecified atom stereocenters. The number of hydrogen-bond donors (Lipinski definition) is 0. The number of fused-ring (bicyclic) bond motifs is 1. The third-order valence-corrected chi connectivity index (χ3v) is 3.51. The first-order chi connectivity index (χ1) is 11.0. The van der Waals surface area contributed by atoms with Gasteiger partial charge in [0.25, 0.3) is 5.56 Å². The van der Waals surface area contributed by atoms with E-state index in [0.29, 0.717) is 11.3 Å². The highest BCUT2D eigenvalue weighted by molar-refractivity contribution is 6.32. The Morgan fingerprint density at radius 3 is 2.96 bits per heavy atom. The van der Waals surface area contributed by atoms with Crippen LogP contribution in [0.15, 0.2) is 47.5 Å².